The van der Waals surface area contributed by atoms with Gasteiger partial charge in [0.25, 0.3) is 5.91 Å². The summed E-state index contributed by atoms with van der Waals surface area (Å²) >= 11 is 1.96. The van der Waals surface area contributed by atoms with Crippen LogP contribution in [0.4, 0.5) is 0 Å². The first-order valence-corrected chi connectivity index (χ1v) is 4.17. The van der Waals surface area contributed by atoms with Gasteiger partial charge < -0.3 is 0 Å². The molecule has 0 aromatic heterocycles. The van der Waals surface area contributed by atoms with Gasteiger partial charge >= 0.3 is 0 Å². The molecule has 0 N–H and O–H groups in total. The first-order chi connectivity index (χ1) is 5.22. The van der Waals surface area contributed by atoms with Gasteiger partial charge in [-0.3, -0.25) is 7.91 Å². The van der Waals surface area contributed by atoms with Crippen molar-refractivity contribution >= 4 is 28.8 Å². The fraction of sp³-hybridized carbons (Fsp3) is 0.125. The van der Waals surface area contributed by atoms with Crippen LogP contribution in [0.3, 0.4) is 0 Å². The summed E-state index contributed by atoms with van der Waals surface area (Å²) in [6, 6.07) is 9.21. The third kappa shape index (κ3) is 2.18. The molecule has 3 heteroatoms. The van der Waals surface area contributed by atoms with Crippen LogP contribution in [0.2, 0.25) is 0 Å². The van der Waals surface area contributed by atoms with Crippen LogP contribution in [0.15, 0.2) is 30.3 Å². The number of amides is 1. The number of hydrogen-bond acceptors (Lipinski definition) is 1. The molecule has 0 atom stereocenters. The Morgan fingerprint density at radius 1 is 1.36 bits per heavy atom. The summed E-state index contributed by atoms with van der Waals surface area (Å²) < 4.78 is 1.53. The van der Waals surface area contributed by atoms with E-state index >= 15 is 0 Å². The summed E-state index contributed by atoms with van der Waals surface area (Å²) in [5, 5.41) is 0. The van der Waals surface area contributed by atoms with Gasteiger partial charge in [0.05, 0.1) is 22.9 Å². The monoisotopic (exact) mass is 261 g/mol. The lowest BCUT2D eigenvalue weighted by atomic mass is 10.2. The van der Waals surface area contributed by atoms with Crippen LogP contribution >= 0.6 is 22.9 Å². The first-order valence-electron chi connectivity index (χ1n) is 3.20. The minimum Gasteiger partial charge on any atom is -0.284 e. The maximum atomic E-state index is 11.3. The van der Waals surface area contributed by atoms with Gasteiger partial charge in [0, 0.05) is 12.6 Å². The van der Waals surface area contributed by atoms with Crippen LogP contribution in [-0.2, 0) is 0 Å². The lowest BCUT2D eigenvalue weighted by Gasteiger charge is -2.06. The molecular formula is C8H8INO. The molecule has 0 saturated carbocycles. The van der Waals surface area contributed by atoms with E-state index in [1.807, 2.05) is 41.1 Å². The Morgan fingerprint density at radius 3 is 2.36 bits per heavy atom. The van der Waals surface area contributed by atoms with E-state index in [1.165, 1.54) is 3.11 Å². The molecule has 1 aromatic carbocycles. The van der Waals surface area contributed by atoms with E-state index < -0.39 is 0 Å². The Balaban J connectivity index is 2.86. The summed E-state index contributed by atoms with van der Waals surface area (Å²) in [4.78, 5) is 11.3. The van der Waals surface area contributed by atoms with Gasteiger partial charge in [0.2, 0.25) is 0 Å². The van der Waals surface area contributed by atoms with Crippen molar-refractivity contribution in [2.24, 2.45) is 0 Å². The number of carbonyl (C=O) groups is 1. The molecule has 0 aliphatic carbocycles. The highest BCUT2D eigenvalue weighted by molar-refractivity contribution is 14.1. The van der Waals surface area contributed by atoms with Gasteiger partial charge in [-0.1, -0.05) is 18.2 Å². The summed E-state index contributed by atoms with van der Waals surface area (Å²) in [6.45, 7) is 0. The second kappa shape index (κ2) is 3.71. The highest BCUT2D eigenvalue weighted by Crippen LogP contribution is 2.05. The lowest BCUT2D eigenvalue weighted by molar-refractivity contribution is 0.0906. The van der Waals surface area contributed by atoms with E-state index in [2.05, 4.69) is 0 Å². The zero-order chi connectivity index (χ0) is 8.27. The van der Waals surface area contributed by atoms with E-state index in [4.69, 9.17) is 0 Å². The van der Waals surface area contributed by atoms with E-state index in [-0.39, 0.29) is 5.91 Å². The third-order valence-electron chi connectivity index (χ3n) is 1.30. The zero-order valence-corrected chi connectivity index (χ0v) is 8.28. The molecule has 0 heterocycles. The molecule has 2 nitrogen and oxygen atoms in total. The van der Waals surface area contributed by atoms with Crippen molar-refractivity contribution in [3.63, 3.8) is 0 Å². The Kier molecular flexibility index (Phi) is 2.87. The number of rotatable bonds is 1. The van der Waals surface area contributed by atoms with Crippen LogP contribution < -0.4 is 0 Å². The van der Waals surface area contributed by atoms with Crippen LogP contribution in [0.5, 0.6) is 0 Å². The van der Waals surface area contributed by atoms with E-state index in [0.717, 1.165) is 5.56 Å². The summed E-state index contributed by atoms with van der Waals surface area (Å²) in [5.74, 6) is 0.0335. The Hall–Kier alpha value is -0.580. The second-order valence-electron chi connectivity index (χ2n) is 2.15. The van der Waals surface area contributed by atoms with Crippen molar-refractivity contribution in [3.8, 4) is 0 Å². The Bertz CT molecular complexity index is 246. The van der Waals surface area contributed by atoms with Crippen LogP contribution in [0.25, 0.3) is 0 Å². The van der Waals surface area contributed by atoms with Crippen molar-refractivity contribution in [1.82, 2.24) is 3.11 Å². The average Bonchev–Trinajstić information content (AvgIpc) is 2.05. The number of benzene rings is 1. The van der Waals surface area contributed by atoms with Crippen molar-refractivity contribution in [2.75, 3.05) is 7.05 Å². The fourth-order valence-electron chi connectivity index (χ4n) is 0.759. The third-order valence-corrected chi connectivity index (χ3v) is 1.74. The van der Waals surface area contributed by atoms with Crippen molar-refractivity contribution in [3.05, 3.63) is 35.9 Å². The van der Waals surface area contributed by atoms with Gasteiger partial charge in [-0.05, 0) is 12.1 Å². The standard InChI is InChI=1S/C8H8INO/c1-10(9)8(11)7-5-3-2-4-6-7/h2-6H,1H3. The topological polar surface area (TPSA) is 20.3 Å². The molecule has 58 valence electrons. The molecule has 0 bridgehead atoms. The Morgan fingerprint density at radius 2 is 1.91 bits per heavy atom. The number of nitrogens with zero attached hydrogens (tertiary/aromatic N) is 1. The van der Waals surface area contributed by atoms with Gasteiger partial charge in [0.15, 0.2) is 0 Å². The largest absolute Gasteiger partial charge is 0.284 e. The summed E-state index contributed by atoms with van der Waals surface area (Å²) in [5.41, 5.74) is 0.726. The molecule has 0 aliphatic heterocycles. The highest BCUT2D eigenvalue weighted by atomic mass is 127. The van der Waals surface area contributed by atoms with Crippen LogP contribution in [-0.4, -0.2) is 16.1 Å². The molecule has 0 aliphatic rings. The smallest absolute Gasteiger partial charge is 0.262 e. The molecule has 0 unspecified atom stereocenters. The predicted molar refractivity (Wildman–Crippen MR) is 52.6 cm³/mol. The molecule has 0 spiro atoms. The molecule has 1 aromatic rings. The normalized spacial score (nSPS) is 9.27. The van der Waals surface area contributed by atoms with Crippen molar-refractivity contribution in [2.45, 2.75) is 0 Å². The van der Waals surface area contributed by atoms with E-state index in [1.54, 1.807) is 19.2 Å². The molecule has 1 amide bonds. The lowest BCUT2D eigenvalue weighted by Crippen LogP contribution is -2.15. The molecule has 0 radical (unpaired) electrons. The number of carbonyl (C=O) groups excluding carboxylic acids is 1. The fourth-order valence-corrected chi connectivity index (χ4v) is 1.04. The quantitative estimate of drug-likeness (QED) is 0.560. The maximum Gasteiger partial charge on any atom is 0.262 e. The van der Waals surface area contributed by atoms with Gasteiger partial charge in [0.1, 0.15) is 0 Å². The van der Waals surface area contributed by atoms with Gasteiger partial charge in [-0.2, -0.15) is 0 Å². The SMILES string of the molecule is CN(I)C(=O)c1ccccc1. The molecule has 11 heavy (non-hydrogen) atoms. The molecule has 0 fully saturated rings. The van der Waals surface area contributed by atoms with Crippen LogP contribution in [0.1, 0.15) is 10.4 Å². The zero-order valence-electron chi connectivity index (χ0n) is 6.12. The van der Waals surface area contributed by atoms with E-state index in [0.29, 0.717) is 0 Å². The Labute approximate surface area is 79.7 Å². The number of hydrogen-bond donors (Lipinski definition) is 0. The molecule has 1 rings (SSSR count). The maximum absolute atomic E-state index is 11.3. The summed E-state index contributed by atoms with van der Waals surface area (Å²) in [7, 11) is 1.73. The molecular weight excluding hydrogens is 253 g/mol. The number of halogens is 1. The van der Waals surface area contributed by atoms with Crippen LogP contribution in [0, 0.1) is 0 Å². The molecule has 0 saturated heterocycles. The highest BCUT2D eigenvalue weighted by Gasteiger charge is 2.06. The first kappa shape index (κ1) is 8.52. The van der Waals surface area contributed by atoms with E-state index in [9.17, 15) is 4.79 Å². The van der Waals surface area contributed by atoms with Gasteiger partial charge in [-0.15, -0.1) is 0 Å². The second-order valence-corrected chi connectivity index (χ2v) is 3.60. The average molecular weight is 261 g/mol. The van der Waals surface area contributed by atoms with Gasteiger partial charge in [-0.25, -0.2) is 0 Å². The summed E-state index contributed by atoms with van der Waals surface area (Å²) in [6.07, 6.45) is 0. The van der Waals surface area contributed by atoms with Crippen molar-refractivity contribution in [1.29, 1.82) is 0 Å². The minimum absolute atomic E-state index is 0.0335. The predicted octanol–water partition coefficient (Wildman–Crippen LogP) is 2.11. The minimum atomic E-state index is 0.0335. The van der Waals surface area contributed by atoms with Crippen molar-refractivity contribution < 1.29 is 4.79 Å².